The molecule has 0 aromatic heterocycles. The van der Waals surface area contributed by atoms with Crippen molar-refractivity contribution >= 4 is 5.91 Å². The predicted molar refractivity (Wildman–Crippen MR) is 59.0 cm³/mol. The van der Waals surface area contributed by atoms with Crippen molar-refractivity contribution in [1.82, 2.24) is 4.90 Å². The zero-order valence-electron chi connectivity index (χ0n) is 10.1. The molecule has 0 radical (unpaired) electrons. The van der Waals surface area contributed by atoms with Gasteiger partial charge in [-0.15, -0.1) is 0 Å². The molecule has 0 spiro atoms. The highest BCUT2D eigenvalue weighted by Gasteiger charge is 2.37. The van der Waals surface area contributed by atoms with Gasteiger partial charge in [0.2, 0.25) is 5.91 Å². The topological polar surface area (TPSA) is 20.3 Å². The normalized spacial score (nSPS) is 18.1. The molecule has 0 bridgehead atoms. The number of rotatable bonds is 3. The van der Waals surface area contributed by atoms with E-state index in [9.17, 15) is 4.79 Å². The second-order valence-electron chi connectivity index (χ2n) is 5.38. The Morgan fingerprint density at radius 2 is 1.86 bits per heavy atom. The van der Waals surface area contributed by atoms with Crippen molar-refractivity contribution in [2.24, 2.45) is 11.3 Å². The van der Waals surface area contributed by atoms with Crippen molar-refractivity contribution in [3.05, 3.63) is 0 Å². The molecule has 1 saturated carbocycles. The molecule has 2 heteroatoms. The molecule has 82 valence electrons. The van der Waals surface area contributed by atoms with E-state index in [4.69, 9.17) is 0 Å². The average molecular weight is 197 g/mol. The van der Waals surface area contributed by atoms with Crippen molar-refractivity contribution in [1.29, 1.82) is 0 Å². The maximum atomic E-state index is 12.2. The Labute approximate surface area is 87.7 Å². The largest absolute Gasteiger partial charge is 0.342 e. The first-order chi connectivity index (χ1) is 6.37. The quantitative estimate of drug-likeness (QED) is 0.681. The summed E-state index contributed by atoms with van der Waals surface area (Å²) >= 11 is 0. The van der Waals surface area contributed by atoms with Crippen LogP contribution < -0.4 is 0 Å². The van der Waals surface area contributed by atoms with Gasteiger partial charge in [-0.1, -0.05) is 27.7 Å². The summed E-state index contributed by atoms with van der Waals surface area (Å²) in [5.74, 6) is 0.703. The number of hydrogen-bond acceptors (Lipinski definition) is 1. The molecule has 0 aromatic rings. The van der Waals surface area contributed by atoms with Crippen molar-refractivity contribution in [2.45, 2.75) is 53.0 Å². The van der Waals surface area contributed by atoms with E-state index in [1.165, 1.54) is 19.3 Å². The zero-order chi connectivity index (χ0) is 10.9. The molecule has 0 aromatic carbocycles. The van der Waals surface area contributed by atoms with Gasteiger partial charge in [-0.25, -0.2) is 0 Å². The fourth-order valence-corrected chi connectivity index (χ4v) is 1.64. The number of hydrogen-bond donors (Lipinski definition) is 0. The molecular formula is C12H23NO. The van der Waals surface area contributed by atoms with Crippen LogP contribution in [0.25, 0.3) is 0 Å². The Balaban J connectivity index is 2.63. The van der Waals surface area contributed by atoms with Gasteiger partial charge in [-0.3, -0.25) is 4.79 Å². The van der Waals surface area contributed by atoms with Crippen LogP contribution in [0.1, 0.15) is 47.0 Å². The van der Waals surface area contributed by atoms with Crippen LogP contribution in [0.5, 0.6) is 0 Å². The first-order valence-corrected chi connectivity index (χ1v) is 5.64. The van der Waals surface area contributed by atoms with E-state index in [2.05, 4.69) is 27.7 Å². The molecule has 1 amide bonds. The van der Waals surface area contributed by atoms with Crippen LogP contribution in [0.4, 0.5) is 0 Å². The number of carbonyl (C=O) groups excluding carboxylic acids is 1. The number of carbonyl (C=O) groups is 1. The van der Waals surface area contributed by atoms with E-state index < -0.39 is 0 Å². The van der Waals surface area contributed by atoms with Gasteiger partial charge in [0.05, 0.1) is 0 Å². The summed E-state index contributed by atoms with van der Waals surface area (Å²) < 4.78 is 0. The summed E-state index contributed by atoms with van der Waals surface area (Å²) in [4.78, 5) is 14.1. The van der Waals surface area contributed by atoms with E-state index in [1.807, 2.05) is 11.9 Å². The lowest BCUT2D eigenvalue weighted by molar-refractivity contribution is -0.145. The van der Waals surface area contributed by atoms with E-state index in [0.29, 0.717) is 17.9 Å². The average Bonchev–Trinajstić information content (AvgIpc) is 1.99. The molecule has 2 nitrogen and oxygen atoms in total. The minimum absolute atomic E-state index is 0.218. The van der Waals surface area contributed by atoms with Crippen molar-refractivity contribution in [2.75, 3.05) is 7.05 Å². The molecule has 1 rings (SSSR count). The molecule has 0 aliphatic heterocycles. The van der Waals surface area contributed by atoms with Crippen LogP contribution in [0, 0.1) is 11.3 Å². The van der Waals surface area contributed by atoms with E-state index in [-0.39, 0.29) is 5.41 Å². The van der Waals surface area contributed by atoms with Crippen LogP contribution >= 0.6 is 0 Å². The van der Waals surface area contributed by atoms with Crippen molar-refractivity contribution in [3.8, 4) is 0 Å². The molecule has 0 heterocycles. The van der Waals surface area contributed by atoms with Gasteiger partial charge < -0.3 is 4.90 Å². The summed E-state index contributed by atoms with van der Waals surface area (Å²) in [7, 11) is 1.95. The van der Waals surface area contributed by atoms with Crippen LogP contribution in [-0.2, 0) is 4.79 Å². The lowest BCUT2D eigenvalue weighted by Gasteiger charge is -2.40. The highest BCUT2D eigenvalue weighted by Crippen LogP contribution is 2.32. The Morgan fingerprint density at radius 3 is 2.14 bits per heavy atom. The third-order valence-corrected chi connectivity index (χ3v) is 3.94. The SMILES string of the molecule is CC(C)C(C)(C)C(=O)N(C)C1CCC1. The van der Waals surface area contributed by atoms with Gasteiger partial charge in [0, 0.05) is 18.5 Å². The summed E-state index contributed by atoms with van der Waals surface area (Å²) in [6.45, 7) is 8.34. The highest BCUT2D eigenvalue weighted by atomic mass is 16.2. The lowest BCUT2D eigenvalue weighted by atomic mass is 9.78. The van der Waals surface area contributed by atoms with Gasteiger partial charge in [0.25, 0.3) is 0 Å². The maximum absolute atomic E-state index is 12.2. The predicted octanol–water partition coefficient (Wildman–Crippen LogP) is 2.68. The Hall–Kier alpha value is -0.530. The van der Waals surface area contributed by atoms with Crippen LogP contribution in [0.3, 0.4) is 0 Å². The van der Waals surface area contributed by atoms with Crippen molar-refractivity contribution < 1.29 is 4.79 Å². The summed E-state index contributed by atoms with van der Waals surface area (Å²) in [5, 5.41) is 0. The summed E-state index contributed by atoms with van der Waals surface area (Å²) in [5.41, 5.74) is -0.218. The second kappa shape index (κ2) is 3.92. The van der Waals surface area contributed by atoms with Gasteiger partial charge in [0.15, 0.2) is 0 Å². The lowest BCUT2D eigenvalue weighted by Crippen LogP contribution is -2.48. The highest BCUT2D eigenvalue weighted by molar-refractivity contribution is 5.82. The molecule has 0 saturated heterocycles. The zero-order valence-corrected chi connectivity index (χ0v) is 10.1. The smallest absolute Gasteiger partial charge is 0.228 e. The van der Waals surface area contributed by atoms with Gasteiger partial charge in [-0.2, -0.15) is 0 Å². The standard InChI is InChI=1S/C12H23NO/c1-9(2)12(3,4)11(14)13(5)10-7-6-8-10/h9-10H,6-8H2,1-5H3. The molecule has 1 aliphatic carbocycles. The minimum atomic E-state index is -0.218. The fourth-order valence-electron chi connectivity index (χ4n) is 1.64. The minimum Gasteiger partial charge on any atom is -0.342 e. The molecule has 0 unspecified atom stereocenters. The summed E-state index contributed by atoms with van der Waals surface area (Å²) in [6.07, 6.45) is 3.66. The van der Waals surface area contributed by atoms with Gasteiger partial charge in [-0.05, 0) is 25.2 Å². The monoisotopic (exact) mass is 197 g/mol. The van der Waals surface area contributed by atoms with Gasteiger partial charge >= 0.3 is 0 Å². The molecule has 14 heavy (non-hydrogen) atoms. The Morgan fingerprint density at radius 1 is 1.36 bits per heavy atom. The first kappa shape index (κ1) is 11.5. The van der Waals surface area contributed by atoms with Crippen LogP contribution in [-0.4, -0.2) is 23.9 Å². The van der Waals surface area contributed by atoms with Gasteiger partial charge in [0.1, 0.15) is 0 Å². The Kier molecular flexibility index (Phi) is 3.23. The van der Waals surface area contributed by atoms with Crippen molar-refractivity contribution in [3.63, 3.8) is 0 Å². The first-order valence-electron chi connectivity index (χ1n) is 5.64. The fraction of sp³-hybridized carbons (Fsp3) is 0.917. The van der Waals surface area contributed by atoms with Crippen LogP contribution in [0.15, 0.2) is 0 Å². The van der Waals surface area contributed by atoms with E-state index in [0.717, 1.165) is 0 Å². The second-order valence-corrected chi connectivity index (χ2v) is 5.38. The maximum Gasteiger partial charge on any atom is 0.228 e. The van der Waals surface area contributed by atoms with E-state index in [1.54, 1.807) is 0 Å². The molecule has 1 aliphatic rings. The number of amides is 1. The molecule has 0 atom stereocenters. The molecule has 1 fully saturated rings. The molecule has 0 N–H and O–H groups in total. The summed E-state index contributed by atoms with van der Waals surface area (Å²) in [6, 6.07) is 0.514. The van der Waals surface area contributed by atoms with Crippen LogP contribution in [0.2, 0.25) is 0 Å². The van der Waals surface area contributed by atoms with E-state index >= 15 is 0 Å². The Bertz CT molecular complexity index is 216. The third kappa shape index (κ3) is 1.94. The molecular weight excluding hydrogens is 174 g/mol. The third-order valence-electron chi connectivity index (χ3n) is 3.94. The number of nitrogens with zero attached hydrogens (tertiary/aromatic N) is 1.